The Bertz CT molecular complexity index is 260. The normalized spacial score (nSPS) is 11.0. The lowest BCUT2D eigenvalue weighted by molar-refractivity contribution is 0.429. The van der Waals surface area contributed by atoms with Crippen molar-refractivity contribution in [1.29, 1.82) is 0 Å². The monoisotopic (exact) mass is 243 g/mol. The van der Waals surface area contributed by atoms with E-state index in [0.717, 1.165) is 0 Å². The van der Waals surface area contributed by atoms with Crippen molar-refractivity contribution in [2.75, 3.05) is 25.6 Å². The molecule has 0 fully saturated rings. The summed E-state index contributed by atoms with van der Waals surface area (Å²) in [6.45, 7) is 0. The lowest BCUT2D eigenvalue weighted by Crippen LogP contribution is -2.26. The van der Waals surface area contributed by atoms with E-state index < -0.39 is 10.1 Å². The minimum atomic E-state index is -3.52. The van der Waals surface area contributed by atoms with Gasteiger partial charge in [0.05, 0.1) is 5.75 Å². The van der Waals surface area contributed by atoms with Crippen LogP contribution in [0.5, 0.6) is 0 Å². The van der Waals surface area contributed by atoms with Crippen molar-refractivity contribution >= 4 is 40.1 Å². The standard InChI is InChI=1S/C6H13NO3S3/c1-7(2)6(12)10-13(8,9)5-3-4-11/h11H,3-5H2,1-2H3. The van der Waals surface area contributed by atoms with Gasteiger partial charge in [-0.2, -0.15) is 21.0 Å². The highest BCUT2D eigenvalue weighted by atomic mass is 32.2. The zero-order valence-corrected chi connectivity index (χ0v) is 10.1. The van der Waals surface area contributed by atoms with Crippen molar-refractivity contribution < 1.29 is 12.6 Å². The number of rotatable bonds is 4. The second kappa shape index (κ2) is 5.66. The minimum Gasteiger partial charge on any atom is -0.353 e. The summed E-state index contributed by atoms with van der Waals surface area (Å²) in [7, 11) is -0.277. The minimum absolute atomic E-state index is 0.0424. The van der Waals surface area contributed by atoms with Gasteiger partial charge in [-0.3, -0.25) is 0 Å². The molecule has 0 rings (SSSR count). The van der Waals surface area contributed by atoms with Crippen LogP contribution in [0.4, 0.5) is 0 Å². The third-order valence-corrected chi connectivity index (χ3v) is 3.19. The third kappa shape index (κ3) is 6.11. The molecule has 0 amide bonds. The third-order valence-electron chi connectivity index (χ3n) is 1.12. The first-order chi connectivity index (χ1) is 5.89. The predicted octanol–water partition coefficient (Wildman–Crippen LogP) is 0.499. The van der Waals surface area contributed by atoms with E-state index in [2.05, 4.69) is 29.0 Å². The molecule has 0 aromatic heterocycles. The number of nitrogens with zero attached hydrogens (tertiary/aromatic N) is 1. The molecular weight excluding hydrogens is 230 g/mol. The molecule has 0 saturated heterocycles. The van der Waals surface area contributed by atoms with Gasteiger partial charge in [-0.05, 0) is 24.4 Å². The molecule has 0 unspecified atom stereocenters. The predicted molar refractivity (Wildman–Crippen MR) is 59.6 cm³/mol. The lowest BCUT2D eigenvalue weighted by atomic mass is 10.6. The van der Waals surface area contributed by atoms with Gasteiger partial charge in [0.25, 0.3) is 5.17 Å². The summed E-state index contributed by atoms with van der Waals surface area (Å²) in [5.74, 6) is 0.460. The Morgan fingerprint density at radius 1 is 1.54 bits per heavy atom. The van der Waals surface area contributed by atoms with Crippen molar-refractivity contribution in [1.82, 2.24) is 4.90 Å². The first-order valence-electron chi connectivity index (χ1n) is 3.63. The van der Waals surface area contributed by atoms with Crippen LogP contribution in [0.25, 0.3) is 0 Å². The summed E-state index contributed by atoms with van der Waals surface area (Å²) in [6, 6.07) is 0. The van der Waals surface area contributed by atoms with Crippen LogP contribution >= 0.6 is 24.8 Å². The molecule has 0 aliphatic carbocycles. The zero-order chi connectivity index (χ0) is 10.5. The van der Waals surface area contributed by atoms with E-state index >= 15 is 0 Å². The summed E-state index contributed by atoms with van der Waals surface area (Å²) < 4.78 is 26.9. The average molecular weight is 243 g/mol. The van der Waals surface area contributed by atoms with Gasteiger partial charge >= 0.3 is 10.1 Å². The Labute approximate surface area is 89.8 Å². The quantitative estimate of drug-likeness (QED) is 0.442. The smallest absolute Gasteiger partial charge is 0.311 e. The Morgan fingerprint density at radius 3 is 2.46 bits per heavy atom. The van der Waals surface area contributed by atoms with Crippen molar-refractivity contribution in [3.63, 3.8) is 0 Å². The number of hydrogen-bond acceptors (Lipinski definition) is 5. The number of thiol groups is 1. The molecule has 13 heavy (non-hydrogen) atoms. The van der Waals surface area contributed by atoms with Crippen molar-refractivity contribution in [2.45, 2.75) is 6.42 Å². The molecule has 0 bridgehead atoms. The summed E-state index contributed by atoms with van der Waals surface area (Å²) in [5.41, 5.74) is 0. The molecule has 0 aliphatic heterocycles. The molecule has 0 aromatic rings. The zero-order valence-electron chi connectivity index (χ0n) is 7.56. The van der Waals surface area contributed by atoms with Crippen molar-refractivity contribution in [3.8, 4) is 0 Å². The van der Waals surface area contributed by atoms with Gasteiger partial charge in [0.2, 0.25) is 0 Å². The molecule has 0 radical (unpaired) electrons. The second-order valence-corrected chi connectivity index (χ2v) is 5.07. The summed E-state index contributed by atoms with van der Waals surface area (Å²) in [4.78, 5) is 1.42. The van der Waals surface area contributed by atoms with Gasteiger partial charge in [0, 0.05) is 14.1 Å². The van der Waals surface area contributed by atoms with E-state index in [9.17, 15) is 8.42 Å². The van der Waals surface area contributed by atoms with E-state index in [-0.39, 0.29) is 10.9 Å². The first kappa shape index (κ1) is 13.0. The highest BCUT2D eigenvalue weighted by molar-refractivity contribution is 7.88. The topological polar surface area (TPSA) is 46.6 Å². The van der Waals surface area contributed by atoms with Crippen LogP contribution in [-0.2, 0) is 14.3 Å². The van der Waals surface area contributed by atoms with Gasteiger partial charge in [-0.15, -0.1) is 0 Å². The Balaban J connectivity index is 4.11. The number of thiocarbonyl (C=S) groups is 1. The SMILES string of the molecule is CN(C)C(=S)OS(=O)(=O)CCCS. The highest BCUT2D eigenvalue weighted by Crippen LogP contribution is 2.00. The Hall–Kier alpha value is -0.0100. The van der Waals surface area contributed by atoms with Crippen LogP contribution in [0, 0.1) is 0 Å². The summed E-state index contributed by atoms with van der Waals surface area (Å²) in [6.07, 6.45) is 0.460. The molecule has 0 N–H and O–H groups in total. The van der Waals surface area contributed by atoms with Gasteiger partial charge in [-0.1, -0.05) is 0 Å². The molecule has 7 heteroatoms. The molecular formula is C6H13NO3S3. The lowest BCUT2D eigenvalue weighted by Gasteiger charge is -2.13. The van der Waals surface area contributed by atoms with Crippen LogP contribution in [0.3, 0.4) is 0 Å². The van der Waals surface area contributed by atoms with E-state index in [1.54, 1.807) is 14.1 Å². The average Bonchev–Trinajstić information content (AvgIpc) is 2.00. The Morgan fingerprint density at radius 2 is 2.08 bits per heavy atom. The maximum Gasteiger partial charge on any atom is 0.311 e. The summed E-state index contributed by atoms with van der Waals surface area (Å²) >= 11 is 8.58. The van der Waals surface area contributed by atoms with Crippen molar-refractivity contribution in [2.24, 2.45) is 0 Å². The molecule has 4 nitrogen and oxygen atoms in total. The van der Waals surface area contributed by atoms with Gasteiger partial charge in [-0.25, -0.2) is 0 Å². The van der Waals surface area contributed by atoms with Crippen LogP contribution in [0.15, 0.2) is 0 Å². The van der Waals surface area contributed by atoms with Crippen LogP contribution in [0.2, 0.25) is 0 Å². The maximum atomic E-state index is 11.1. The first-order valence-corrected chi connectivity index (χ1v) is 6.25. The highest BCUT2D eigenvalue weighted by Gasteiger charge is 2.14. The van der Waals surface area contributed by atoms with Crippen LogP contribution < -0.4 is 0 Å². The van der Waals surface area contributed by atoms with Gasteiger partial charge in [0.1, 0.15) is 0 Å². The van der Waals surface area contributed by atoms with Crippen molar-refractivity contribution in [3.05, 3.63) is 0 Å². The molecule has 0 heterocycles. The van der Waals surface area contributed by atoms with E-state index in [0.29, 0.717) is 12.2 Å². The van der Waals surface area contributed by atoms with Gasteiger partial charge in [0.15, 0.2) is 0 Å². The molecule has 0 aromatic carbocycles. The number of hydrogen-bond donors (Lipinski definition) is 1. The fraction of sp³-hybridized carbons (Fsp3) is 0.833. The fourth-order valence-electron chi connectivity index (χ4n) is 0.466. The molecule has 0 aliphatic rings. The Kier molecular flexibility index (Phi) is 5.66. The molecule has 0 saturated carbocycles. The summed E-state index contributed by atoms with van der Waals surface area (Å²) in [5, 5.41) is -0.0424. The fourth-order valence-corrected chi connectivity index (χ4v) is 2.10. The van der Waals surface area contributed by atoms with Crippen LogP contribution in [0.1, 0.15) is 6.42 Å². The largest absolute Gasteiger partial charge is 0.353 e. The van der Waals surface area contributed by atoms with Crippen LogP contribution in [-0.4, -0.2) is 44.1 Å². The second-order valence-electron chi connectivity index (χ2n) is 2.58. The van der Waals surface area contributed by atoms with E-state index in [4.69, 9.17) is 0 Å². The maximum absolute atomic E-state index is 11.1. The molecule has 0 atom stereocenters. The molecule has 0 spiro atoms. The van der Waals surface area contributed by atoms with Gasteiger partial charge < -0.3 is 9.08 Å². The molecule has 78 valence electrons. The van der Waals surface area contributed by atoms with E-state index in [1.165, 1.54) is 4.90 Å². The van der Waals surface area contributed by atoms with E-state index in [1.807, 2.05) is 0 Å².